The number of halogens is 1. The third kappa shape index (κ3) is 4.15. The van der Waals surface area contributed by atoms with Crippen LogP contribution < -0.4 is 4.90 Å². The van der Waals surface area contributed by atoms with Crippen LogP contribution >= 0.6 is 11.6 Å². The van der Waals surface area contributed by atoms with E-state index in [-0.39, 0.29) is 18.6 Å². The van der Waals surface area contributed by atoms with Gasteiger partial charge in [0.2, 0.25) is 0 Å². The van der Waals surface area contributed by atoms with Crippen LogP contribution in [0.1, 0.15) is 26.3 Å². The quantitative estimate of drug-likeness (QED) is 0.778. The van der Waals surface area contributed by atoms with Crippen LogP contribution in [0.5, 0.6) is 0 Å². The molecule has 0 aliphatic heterocycles. The van der Waals surface area contributed by atoms with Crippen molar-refractivity contribution in [3.05, 3.63) is 28.8 Å². The zero-order chi connectivity index (χ0) is 14.4. The van der Waals surface area contributed by atoms with Crippen LogP contribution in [0.15, 0.2) is 18.2 Å². The summed E-state index contributed by atoms with van der Waals surface area (Å²) in [4.78, 5) is 13.5. The molecular weight excluding hydrogens is 264 g/mol. The lowest BCUT2D eigenvalue weighted by Crippen LogP contribution is -2.37. The Labute approximate surface area is 118 Å². The van der Waals surface area contributed by atoms with Gasteiger partial charge in [-0.2, -0.15) is 5.26 Å². The van der Waals surface area contributed by atoms with E-state index in [1.807, 2.05) is 18.7 Å². The first-order chi connectivity index (χ1) is 8.99. The summed E-state index contributed by atoms with van der Waals surface area (Å²) >= 11 is 5.87. The van der Waals surface area contributed by atoms with Gasteiger partial charge < -0.3 is 9.64 Å². The summed E-state index contributed by atoms with van der Waals surface area (Å²) in [5.41, 5.74) is 1.14. The lowest BCUT2D eigenvalue weighted by Gasteiger charge is -2.28. The summed E-state index contributed by atoms with van der Waals surface area (Å²) < 4.78 is 4.95. The molecule has 4 nitrogen and oxygen atoms in total. The minimum absolute atomic E-state index is 0.0673. The van der Waals surface area contributed by atoms with Crippen LogP contribution in [0.2, 0.25) is 5.02 Å². The van der Waals surface area contributed by atoms with Crippen molar-refractivity contribution in [2.24, 2.45) is 0 Å². The Bertz CT molecular complexity index is 495. The van der Waals surface area contributed by atoms with Crippen molar-refractivity contribution >= 4 is 23.3 Å². The zero-order valence-electron chi connectivity index (χ0n) is 11.3. The van der Waals surface area contributed by atoms with Crippen molar-refractivity contribution < 1.29 is 9.53 Å². The van der Waals surface area contributed by atoms with Gasteiger partial charge in [0, 0.05) is 11.1 Å². The Morgan fingerprint density at radius 2 is 2.21 bits per heavy atom. The molecule has 0 heterocycles. The van der Waals surface area contributed by atoms with Gasteiger partial charge in [-0.25, -0.2) is 0 Å². The van der Waals surface area contributed by atoms with Gasteiger partial charge in [0.25, 0.3) is 0 Å². The topological polar surface area (TPSA) is 53.3 Å². The second-order valence-corrected chi connectivity index (χ2v) is 4.74. The molecule has 0 saturated heterocycles. The molecule has 0 amide bonds. The fraction of sp³-hybridized carbons (Fsp3) is 0.429. The lowest BCUT2D eigenvalue weighted by atomic mass is 10.1. The number of esters is 1. The van der Waals surface area contributed by atoms with Crippen LogP contribution in [0.3, 0.4) is 0 Å². The third-order valence-corrected chi connectivity index (χ3v) is 2.85. The average Bonchev–Trinajstić information content (AvgIpc) is 2.36. The molecule has 0 saturated carbocycles. The van der Waals surface area contributed by atoms with E-state index < -0.39 is 0 Å². The van der Waals surface area contributed by atoms with E-state index in [1.54, 1.807) is 25.1 Å². The lowest BCUT2D eigenvalue weighted by molar-refractivity contribution is -0.141. The summed E-state index contributed by atoms with van der Waals surface area (Å²) in [7, 11) is 0. The van der Waals surface area contributed by atoms with Crippen LogP contribution in [-0.4, -0.2) is 25.2 Å². The minimum atomic E-state index is -0.310. The highest BCUT2D eigenvalue weighted by Crippen LogP contribution is 2.25. The number of carbonyl (C=O) groups is 1. The number of nitrogens with zero attached hydrogens (tertiary/aromatic N) is 2. The normalized spacial score (nSPS) is 10.1. The maximum absolute atomic E-state index is 11.6. The number of hydrogen-bond donors (Lipinski definition) is 0. The van der Waals surface area contributed by atoms with Gasteiger partial charge >= 0.3 is 5.97 Å². The first-order valence-corrected chi connectivity index (χ1v) is 6.49. The molecule has 102 valence electrons. The van der Waals surface area contributed by atoms with E-state index in [0.29, 0.717) is 22.9 Å². The second-order valence-electron chi connectivity index (χ2n) is 4.30. The zero-order valence-corrected chi connectivity index (χ0v) is 12.1. The molecule has 0 atom stereocenters. The molecule has 0 aliphatic rings. The first kappa shape index (κ1) is 15.3. The Morgan fingerprint density at radius 1 is 1.53 bits per heavy atom. The summed E-state index contributed by atoms with van der Waals surface area (Å²) in [6, 6.07) is 7.22. The van der Waals surface area contributed by atoms with Gasteiger partial charge in [-0.1, -0.05) is 11.6 Å². The molecule has 0 aromatic heterocycles. The molecule has 1 aromatic rings. The van der Waals surface area contributed by atoms with Gasteiger partial charge in [0.05, 0.1) is 17.9 Å². The highest BCUT2D eigenvalue weighted by Gasteiger charge is 2.18. The van der Waals surface area contributed by atoms with Gasteiger partial charge in [-0.15, -0.1) is 0 Å². The molecule has 1 rings (SSSR count). The van der Waals surface area contributed by atoms with Gasteiger partial charge in [0.1, 0.15) is 12.6 Å². The average molecular weight is 281 g/mol. The van der Waals surface area contributed by atoms with E-state index in [9.17, 15) is 4.79 Å². The van der Waals surface area contributed by atoms with Crippen molar-refractivity contribution in [1.82, 2.24) is 0 Å². The fourth-order valence-corrected chi connectivity index (χ4v) is 1.91. The van der Waals surface area contributed by atoms with Gasteiger partial charge in [-0.05, 0) is 39.0 Å². The van der Waals surface area contributed by atoms with Gasteiger partial charge in [-0.3, -0.25) is 4.79 Å². The van der Waals surface area contributed by atoms with Crippen molar-refractivity contribution in [2.45, 2.75) is 26.8 Å². The van der Waals surface area contributed by atoms with E-state index in [1.165, 1.54) is 0 Å². The molecule has 0 unspecified atom stereocenters. The summed E-state index contributed by atoms with van der Waals surface area (Å²) in [6.07, 6.45) is 0. The summed E-state index contributed by atoms with van der Waals surface area (Å²) in [6.45, 7) is 6.13. The van der Waals surface area contributed by atoms with Crippen molar-refractivity contribution in [2.75, 3.05) is 18.1 Å². The summed E-state index contributed by atoms with van der Waals surface area (Å²) in [5.74, 6) is -0.310. The minimum Gasteiger partial charge on any atom is -0.465 e. The van der Waals surface area contributed by atoms with Crippen molar-refractivity contribution in [3.63, 3.8) is 0 Å². The number of rotatable bonds is 5. The molecule has 0 radical (unpaired) electrons. The standard InChI is InChI=1S/C14H17ClN2O2/c1-4-19-14(18)9-17(10(2)3)13-6-5-12(15)7-11(13)8-16/h5-7,10H,4,9H2,1-3H3. The highest BCUT2D eigenvalue weighted by atomic mass is 35.5. The number of hydrogen-bond acceptors (Lipinski definition) is 4. The van der Waals surface area contributed by atoms with Crippen LogP contribution in [0.25, 0.3) is 0 Å². The van der Waals surface area contributed by atoms with Gasteiger partial charge in [0.15, 0.2) is 0 Å². The Hall–Kier alpha value is -1.73. The second kappa shape index (κ2) is 7.01. The molecule has 0 aliphatic carbocycles. The SMILES string of the molecule is CCOC(=O)CN(c1ccc(Cl)cc1C#N)C(C)C. The molecule has 19 heavy (non-hydrogen) atoms. The molecule has 0 spiro atoms. The number of carbonyl (C=O) groups excluding carboxylic acids is 1. The fourth-order valence-electron chi connectivity index (χ4n) is 1.74. The summed E-state index contributed by atoms with van der Waals surface area (Å²) in [5, 5.41) is 9.66. The van der Waals surface area contributed by atoms with E-state index in [4.69, 9.17) is 21.6 Å². The smallest absolute Gasteiger partial charge is 0.325 e. The Balaban J connectivity index is 3.06. The maximum Gasteiger partial charge on any atom is 0.325 e. The largest absolute Gasteiger partial charge is 0.465 e. The Kier molecular flexibility index (Phi) is 5.65. The number of anilines is 1. The highest BCUT2D eigenvalue weighted by molar-refractivity contribution is 6.30. The van der Waals surface area contributed by atoms with E-state index in [0.717, 1.165) is 0 Å². The molecule has 0 N–H and O–H groups in total. The third-order valence-electron chi connectivity index (χ3n) is 2.62. The molecule has 0 fully saturated rings. The number of nitriles is 1. The van der Waals surface area contributed by atoms with Crippen molar-refractivity contribution in [3.8, 4) is 6.07 Å². The maximum atomic E-state index is 11.6. The predicted octanol–water partition coefficient (Wildman–Crippen LogP) is 2.99. The monoisotopic (exact) mass is 280 g/mol. The molecule has 0 bridgehead atoms. The Morgan fingerprint density at radius 3 is 2.74 bits per heavy atom. The number of ether oxygens (including phenoxy) is 1. The van der Waals surface area contributed by atoms with E-state index >= 15 is 0 Å². The molecular formula is C14H17ClN2O2. The first-order valence-electron chi connectivity index (χ1n) is 6.11. The van der Waals surface area contributed by atoms with Crippen LogP contribution in [-0.2, 0) is 9.53 Å². The molecule has 1 aromatic carbocycles. The van der Waals surface area contributed by atoms with Crippen molar-refractivity contribution in [1.29, 1.82) is 5.26 Å². The number of benzene rings is 1. The predicted molar refractivity (Wildman–Crippen MR) is 75.3 cm³/mol. The molecule has 5 heteroatoms. The van der Waals surface area contributed by atoms with Crippen LogP contribution in [0, 0.1) is 11.3 Å². The van der Waals surface area contributed by atoms with E-state index in [2.05, 4.69) is 6.07 Å². The van der Waals surface area contributed by atoms with Crippen LogP contribution in [0.4, 0.5) is 5.69 Å².